The van der Waals surface area contributed by atoms with Gasteiger partial charge in [-0.05, 0) is 29.8 Å². The van der Waals surface area contributed by atoms with Gasteiger partial charge in [-0.15, -0.1) is 11.3 Å². The van der Waals surface area contributed by atoms with Gasteiger partial charge in [0.05, 0.1) is 16.0 Å². The molecule has 0 fully saturated rings. The number of hydrogen-bond donors (Lipinski definition) is 2. The molecule has 0 aliphatic rings. The van der Waals surface area contributed by atoms with Crippen LogP contribution in [0.1, 0.15) is 9.67 Å². The van der Waals surface area contributed by atoms with Crippen LogP contribution in [0.15, 0.2) is 54.6 Å². The van der Waals surface area contributed by atoms with E-state index in [9.17, 15) is 14.5 Å². The molecule has 27 heavy (non-hydrogen) atoms. The second kappa shape index (κ2) is 8.05. The maximum absolute atomic E-state index is 13.4. The van der Waals surface area contributed by atoms with E-state index in [2.05, 4.69) is 5.09 Å². The van der Waals surface area contributed by atoms with Crippen molar-refractivity contribution in [2.24, 2.45) is 0 Å². The maximum atomic E-state index is 13.4. The molecule has 1 atom stereocenters. The summed E-state index contributed by atoms with van der Waals surface area (Å²) in [5.41, 5.74) is 1.05. The number of carboxylic acid groups (broad SMARTS) is 1. The molecule has 5 nitrogen and oxygen atoms in total. The number of halogens is 2. The minimum absolute atomic E-state index is 0.0243. The van der Waals surface area contributed by atoms with Gasteiger partial charge in [-0.3, -0.25) is 4.57 Å². The molecule has 3 rings (SSSR count). The minimum Gasteiger partial charge on any atom is -0.477 e. The van der Waals surface area contributed by atoms with E-state index in [1.54, 1.807) is 6.07 Å². The summed E-state index contributed by atoms with van der Waals surface area (Å²) in [4.78, 5) is 12.4. The molecule has 140 valence electrons. The average molecular weight is 442 g/mol. The van der Waals surface area contributed by atoms with Gasteiger partial charge in [0.25, 0.3) is 0 Å². The van der Waals surface area contributed by atoms with Gasteiger partial charge in [0.1, 0.15) is 4.88 Å². The van der Waals surface area contributed by atoms with Gasteiger partial charge in [0.15, 0.2) is 0 Å². The lowest BCUT2D eigenvalue weighted by atomic mass is 10.2. The molecular formula is C18H14Cl2NO4PS. The molecule has 0 aliphatic carbocycles. The lowest BCUT2D eigenvalue weighted by molar-refractivity contribution is 0.0703. The zero-order valence-electron chi connectivity index (χ0n) is 14.0. The molecule has 1 unspecified atom stereocenters. The number of aromatic carboxylic acids is 1. The highest BCUT2D eigenvalue weighted by atomic mass is 35.5. The molecule has 0 spiro atoms. The Hall–Kier alpha value is -1.82. The summed E-state index contributed by atoms with van der Waals surface area (Å²) in [5, 5.41) is 13.1. The predicted molar refractivity (Wildman–Crippen MR) is 111 cm³/mol. The quantitative estimate of drug-likeness (QED) is 0.459. The number of rotatable bonds is 6. The number of thiophene rings is 1. The lowest BCUT2D eigenvalue weighted by Crippen LogP contribution is -2.15. The fourth-order valence-corrected chi connectivity index (χ4v) is 5.75. The van der Waals surface area contributed by atoms with Crippen molar-refractivity contribution >= 4 is 59.0 Å². The van der Waals surface area contributed by atoms with E-state index < -0.39 is 13.5 Å². The average Bonchev–Trinajstić information content (AvgIpc) is 3.06. The summed E-state index contributed by atoms with van der Waals surface area (Å²) in [6, 6.07) is 15.4. The Morgan fingerprint density at radius 3 is 2.44 bits per heavy atom. The zero-order valence-corrected chi connectivity index (χ0v) is 17.2. The van der Waals surface area contributed by atoms with Gasteiger partial charge in [-0.2, -0.15) is 0 Å². The number of benzene rings is 2. The van der Waals surface area contributed by atoms with Crippen molar-refractivity contribution in [2.75, 3.05) is 12.2 Å². The van der Waals surface area contributed by atoms with Crippen molar-refractivity contribution in [3.63, 3.8) is 0 Å². The van der Waals surface area contributed by atoms with E-state index >= 15 is 0 Å². The van der Waals surface area contributed by atoms with Crippen LogP contribution in [0.2, 0.25) is 10.0 Å². The van der Waals surface area contributed by atoms with Crippen molar-refractivity contribution in [3.05, 3.63) is 69.5 Å². The maximum Gasteiger partial charge on any atom is 0.348 e. The lowest BCUT2D eigenvalue weighted by Gasteiger charge is -2.19. The number of carboxylic acids is 1. The Morgan fingerprint density at radius 2 is 1.85 bits per heavy atom. The molecule has 2 N–H and O–H groups in total. The fourth-order valence-electron chi connectivity index (χ4n) is 2.46. The summed E-state index contributed by atoms with van der Waals surface area (Å²) < 4.78 is 18.6. The topological polar surface area (TPSA) is 75.6 Å². The number of nitrogens with one attached hydrogen (secondary N) is 1. The first kappa shape index (κ1) is 19.9. The van der Waals surface area contributed by atoms with Crippen LogP contribution < -0.4 is 10.4 Å². The molecule has 0 saturated carbocycles. The van der Waals surface area contributed by atoms with Crippen LogP contribution in [-0.2, 0) is 9.09 Å². The fraction of sp³-hybridized carbons (Fsp3) is 0.0556. The van der Waals surface area contributed by atoms with Gasteiger partial charge >= 0.3 is 13.5 Å². The first-order valence-electron chi connectivity index (χ1n) is 7.66. The summed E-state index contributed by atoms with van der Waals surface area (Å²) in [5.74, 6) is -1.13. The van der Waals surface area contributed by atoms with E-state index in [-0.39, 0.29) is 20.9 Å². The summed E-state index contributed by atoms with van der Waals surface area (Å²) >= 11 is 13.1. The standard InChI is InChI=1S/C18H14Cl2NO4PS/c1-25-26(24,15-8-7-12(19)9-13(15)20)21-14-10-16(27-17(14)18(22)23)11-5-3-2-4-6-11/h2-10H,1H3,(H,21,24)(H,22,23). The number of hydrogen-bond acceptors (Lipinski definition) is 4. The molecule has 0 radical (unpaired) electrons. The van der Waals surface area contributed by atoms with Crippen molar-refractivity contribution in [1.82, 2.24) is 0 Å². The van der Waals surface area contributed by atoms with Crippen LogP contribution in [0.4, 0.5) is 5.69 Å². The van der Waals surface area contributed by atoms with Crippen LogP contribution in [0.25, 0.3) is 10.4 Å². The molecule has 3 aromatic rings. The normalized spacial score (nSPS) is 13.1. The van der Waals surface area contributed by atoms with Gasteiger partial charge in [-0.1, -0.05) is 53.5 Å². The Bertz CT molecular complexity index is 1040. The third-order valence-electron chi connectivity index (χ3n) is 3.74. The third-order valence-corrected chi connectivity index (χ3v) is 7.66. The Kier molecular flexibility index (Phi) is 5.94. The molecule has 0 aliphatic heterocycles. The molecule has 0 bridgehead atoms. The molecular weight excluding hydrogens is 428 g/mol. The Labute approximate surface area is 170 Å². The van der Waals surface area contributed by atoms with Crippen LogP contribution in [-0.4, -0.2) is 18.2 Å². The van der Waals surface area contributed by atoms with Gasteiger partial charge in [-0.25, -0.2) is 4.79 Å². The highest BCUT2D eigenvalue weighted by molar-refractivity contribution is 7.68. The number of anilines is 1. The van der Waals surface area contributed by atoms with E-state index in [1.807, 2.05) is 30.3 Å². The second-order valence-electron chi connectivity index (χ2n) is 5.47. The van der Waals surface area contributed by atoms with Crippen LogP contribution in [0.5, 0.6) is 0 Å². The van der Waals surface area contributed by atoms with Crippen LogP contribution in [0.3, 0.4) is 0 Å². The van der Waals surface area contributed by atoms with Crippen LogP contribution >= 0.6 is 42.1 Å². The van der Waals surface area contributed by atoms with E-state index in [0.717, 1.165) is 21.8 Å². The molecule has 1 heterocycles. The van der Waals surface area contributed by atoms with Crippen molar-refractivity contribution in [3.8, 4) is 10.4 Å². The second-order valence-corrected chi connectivity index (χ2v) is 9.54. The predicted octanol–water partition coefficient (Wildman–Crippen LogP) is 6.00. The minimum atomic E-state index is -3.67. The van der Waals surface area contributed by atoms with Crippen molar-refractivity contribution in [2.45, 2.75) is 0 Å². The zero-order chi connectivity index (χ0) is 19.6. The van der Waals surface area contributed by atoms with E-state index in [4.69, 9.17) is 27.7 Å². The first-order chi connectivity index (χ1) is 12.8. The molecule has 2 aromatic carbocycles. The highest BCUT2D eigenvalue weighted by Gasteiger charge is 2.30. The van der Waals surface area contributed by atoms with Crippen molar-refractivity contribution in [1.29, 1.82) is 0 Å². The SMILES string of the molecule is COP(=O)(Nc1cc(-c2ccccc2)sc1C(=O)O)c1ccc(Cl)cc1Cl. The highest BCUT2D eigenvalue weighted by Crippen LogP contribution is 2.49. The largest absolute Gasteiger partial charge is 0.477 e. The molecule has 9 heteroatoms. The van der Waals surface area contributed by atoms with E-state index in [0.29, 0.717) is 5.02 Å². The summed E-state index contributed by atoms with van der Waals surface area (Å²) in [6.07, 6.45) is 0. The molecule has 0 saturated heterocycles. The number of carbonyl (C=O) groups is 1. The van der Waals surface area contributed by atoms with Crippen molar-refractivity contribution < 1.29 is 19.0 Å². The van der Waals surface area contributed by atoms with Gasteiger partial charge in [0.2, 0.25) is 0 Å². The Morgan fingerprint density at radius 1 is 1.15 bits per heavy atom. The van der Waals surface area contributed by atoms with Crippen LogP contribution in [0, 0.1) is 0 Å². The third kappa shape index (κ3) is 4.21. The van der Waals surface area contributed by atoms with Gasteiger partial charge < -0.3 is 14.7 Å². The van der Waals surface area contributed by atoms with E-state index in [1.165, 1.54) is 25.3 Å². The monoisotopic (exact) mass is 441 g/mol. The smallest absolute Gasteiger partial charge is 0.348 e. The first-order valence-corrected chi connectivity index (χ1v) is 10.9. The molecule has 0 amide bonds. The van der Waals surface area contributed by atoms with Gasteiger partial charge in [0, 0.05) is 17.0 Å². The summed E-state index contributed by atoms with van der Waals surface area (Å²) in [7, 11) is -2.41. The summed E-state index contributed by atoms with van der Waals surface area (Å²) in [6.45, 7) is 0. The molecule has 1 aromatic heterocycles. The Balaban J connectivity index is 2.06.